The summed E-state index contributed by atoms with van der Waals surface area (Å²) < 4.78 is 22.7. The average Bonchev–Trinajstić information content (AvgIpc) is 2.25. The van der Waals surface area contributed by atoms with Gasteiger partial charge in [-0.05, 0) is 24.1 Å². The van der Waals surface area contributed by atoms with Gasteiger partial charge in [-0.25, -0.2) is 8.42 Å². The summed E-state index contributed by atoms with van der Waals surface area (Å²) in [5.41, 5.74) is 0.677. The fourth-order valence-electron chi connectivity index (χ4n) is 1.52. The standard InChI is InChI=1S/C12H18O3S/c1-3-4-8-12(13)10-6-5-7-11(9-10)16(2,14)15/h5-7,9,12-13H,3-4,8H2,1-2H3. The van der Waals surface area contributed by atoms with E-state index < -0.39 is 15.9 Å². The van der Waals surface area contributed by atoms with Gasteiger partial charge < -0.3 is 5.11 Å². The van der Waals surface area contributed by atoms with Gasteiger partial charge in [-0.1, -0.05) is 31.9 Å². The van der Waals surface area contributed by atoms with Gasteiger partial charge in [-0.15, -0.1) is 0 Å². The molecule has 1 unspecified atom stereocenters. The van der Waals surface area contributed by atoms with Crippen LogP contribution in [0.1, 0.15) is 37.9 Å². The number of hydrogen-bond donors (Lipinski definition) is 1. The zero-order chi connectivity index (χ0) is 12.2. The maximum absolute atomic E-state index is 11.3. The second-order valence-corrected chi connectivity index (χ2v) is 6.02. The van der Waals surface area contributed by atoms with Crippen molar-refractivity contribution in [2.75, 3.05) is 6.26 Å². The molecule has 0 aliphatic rings. The van der Waals surface area contributed by atoms with Crippen molar-refractivity contribution >= 4 is 9.84 Å². The van der Waals surface area contributed by atoms with Crippen LogP contribution in [0, 0.1) is 0 Å². The van der Waals surface area contributed by atoms with E-state index in [1.165, 1.54) is 6.26 Å². The molecule has 1 rings (SSSR count). The second-order valence-electron chi connectivity index (χ2n) is 4.00. The van der Waals surface area contributed by atoms with Gasteiger partial charge in [-0.2, -0.15) is 0 Å². The summed E-state index contributed by atoms with van der Waals surface area (Å²) in [6, 6.07) is 6.52. The van der Waals surface area contributed by atoms with E-state index in [9.17, 15) is 13.5 Å². The maximum atomic E-state index is 11.3. The smallest absolute Gasteiger partial charge is 0.175 e. The van der Waals surface area contributed by atoms with E-state index in [1.807, 2.05) is 0 Å². The molecule has 1 N–H and O–H groups in total. The Hall–Kier alpha value is -0.870. The topological polar surface area (TPSA) is 54.4 Å². The number of aliphatic hydroxyl groups excluding tert-OH is 1. The van der Waals surface area contributed by atoms with Crippen molar-refractivity contribution in [1.82, 2.24) is 0 Å². The molecule has 0 spiro atoms. The molecular formula is C12H18O3S. The minimum Gasteiger partial charge on any atom is -0.388 e. The molecule has 0 saturated heterocycles. The predicted molar refractivity (Wildman–Crippen MR) is 64.0 cm³/mol. The molecule has 0 amide bonds. The Morgan fingerprint density at radius 2 is 2.06 bits per heavy atom. The summed E-state index contributed by atoms with van der Waals surface area (Å²) in [4.78, 5) is 0.264. The molecule has 90 valence electrons. The minimum atomic E-state index is -3.19. The SMILES string of the molecule is CCCCC(O)c1cccc(S(C)(=O)=O)c1. The lowest BCUT2D eigenvalue weighted by Gasteiger charge is -2.11. The van der Waals surface area contributed by atoms with Crippen LogP contribution in [0.3, 0.4) is 0 Å². The summed E-state index contributed by atoms with van der Waals surface area (Å²) in [6.45, 7) is 2.06. The quantitative estimate of drug-likeness (QED) is 0.862. The van der Waals surface area contributed by atoms with Crippen LogP contribution in [0.2, 0.25) is 0 Å². The molecule has 3 nitrogen and oxygen atoms in total. The Labute approximate surface area is 97.0 Å². The highest BCUT2D eigenvalue weighted by Crippen LogP contribution is 2.21. The van der Waals surface area contributed by atoms with E-state index in [2.05, 4.69) is 6.92 Å². The summed E-state index contributed by atoms with van der Waals surface area (Å²) in [5, 5.41) is 9.85. The number of unbranched alkanes of at least 4 members (excludes halogenated alkanes) is 1. The molecule has 0 aliphatic carbocycles. The van der Waals surface area contributed by atoms with Crippen molar-refractivity contribution in [1.29, 1.82) is 0 Å². The number of rotatable bonds is 5. The highest BCUT2D eigenvalue weighted by Gasteiger charge is 2.11. The number of benzene rings is 1. The summed E-state index contributed by atoms with van der Waals surface area (Å²) in [6.07, 6.45) is 3.23. The van der Waals surface area contributed by atoms with Crippen LogP contribution >= 0.6 is 0 Å². The fraction of sp³-hybridized carbons (Fsp3) is 0.500. The molecule has 4 heteroatoms. The van der Waals surface area contributed by atoms with Crippen molar-refractivity contribution in [3.8, 4) is 0 Å². The largest absolute Gasteiger partial charge is 0.388 e. The van der Waals surface area contributed by atoms with Gasteiger partial charge in [0.05, 0.1) is 11.0 Å². The third-order valence-corrected chi connectivity index (χ3v) is 3.61. The van der Waals surface area contributed by atoms with Gasteiger partial charge in [-0.3, -0.25) is 0 Å². The first-order valence-corrected chi connectivity index (χ1v) is 7.32. The van der Waals surface area contributed by atoms with Gasteiger partial charge in [0.15, 0.2) is 9.84 Å². The van der Waals surface area contributed by atoms with Crippen molar-refractivity contribution in [3.05, 3.63) is 29.8 Å². The molecule has 16 heavy (non-hydrogen) atoms. The van der Waals surface area contributed by atoms with Gasteiger partial charge >= 0.3 is 0 Å². The lowest BCUT2D eigenvalue weighted by atomic mass is 10.0. The van der Waals surface area contributed by atoms with Crippen molar-refractivity contribution < 1.29 is 13.5 Å². The fourth-order valence-corrected chi connectivity index (χ4v) is 2.19. The number of aliphatic hydroxyl groups is 1. The first kappa shape index (κ1) is 13.2. The molecule has 0 aromatic heterocycles. The highest BCUT2D eigenvalue weighted by atomic mass is 32.2. The Morgan fingerprint density at radius 3 is 2.62 bits per heavy atom. The van der Waals surface area contributed by atoms with Gasteiger partial charge in [0.2, 0.25) is 0 Å². The van der Waals surface area contributed by atoms with Crippen LogP contribution in [-0.2, 0) is 9.84 Å². The third kappa shape index (κ3) is 3.61. The summed E-state index contributed by atoms with van der Waals surface area (Å²) in [5.74, 6) is 0. The molecule has 0 bridgehead atoms. The van der Waals surface area contributed by atoms with Gasteiger partial charge in [0.1, 0.15) is 0 Å². The van der Waals surface area contributed by atoms with E-state index >= 15 is 0 Å². The Morgan fingerprint density at radius 1 is 1.38 bits per heavy atom. The van der Waals surface area contributed by atoms with Crippen LogP contribution in [0.15, 0.2) is 29.2 Å². The van der Waals surface area contributed by atoms with E-state index in [4.69, 9.17) is 0 Å². The lowest BCUT2D eigenvalue weighted by molar-refractivity contribution is 0.164. The van der Waals surface area contributed by atoms with Crippen molar-refractivity contribution in [2.24, 2.45) is 0 Å². The highest BCUT2D eigenvalue weighted by molar-refractivity contribution is 7.90. The van der Waals surface area contributed by atoms with Crippen LogP contribution in [0.25, 0.3) is 0 Å². The van der Waals surface area contributed by atoms with Crippen molar-refractivity contribution in [3.63, 3.8) is 0 Å². The first-order chi connectivity index (χ1) is 7.45. The normalized spacial score (nSPS) is 13.7. The molecule has 0 radical (unpaired) electrons. The van der Waals surface area contributed by atoms with Crippen molar-refractivity contribution in [2.45, 2.75) is 37.2 Å². The van der Waals surface area contributed by atoms with E-state index in [1.54, 1.807) is 24.3 Å². The van der Waals surface area contributed by atoms with Crippen LogP contribution in [-0.4, -0.2) is 19.8 Å². The summed E-state index contributed by atoms with van der Waals surface area (Å²) >= 11 is 0. The predicted octanol–water partition coefficient (Wildman–Crippen LogP) is 2.31. The van der Waals surface area contributed by atoms with Crippen LogP contribution in [0.4, 0.5) is 0 Å². The van der Waals surface area contributed by atoms with E-state index in [0.717, 1.165) is 12.8 Å². The minimum absolute atomic E-state index is 0.264. The third-order valence-electron chi connectivity index (χ3n) is 2.50. The first-order valence-electron chi connectivity index (χ1n) is 5.43. The molecule has 0 aliphatic heterocycles. The molecule has 1 atom stereocenters. The van der Waals surface area contributed by atoms with Gasteiger partial charge in [0.25, 0.3) is 0 Å². The number of hydrogen-bond acceptors (Lipinski definition) is 3. The summed E-state index contributed by atoms with van der Waals surface area (Å²) in [7, 11) is -3.19. The second kappa shape index (κ2) is 5.46. The molecule has 0 fully saturated rings. The molecule has 0 saturated carbocycles. The zero-order valence-electron chi connectivity index (χ0n) is 9.68. The average molecular weight is 242 g/mol. The van der Waals surface area contributed by atoms with E-state index in [-0.39, 0.29) is 4.90 Å². The molecule has 0 heterocycles. The monoisotopic (exact) mass is 242 g/mol. The lowest BCUT2D eigenvalue weighted by Crippen LogP contribution is -2.01. The molecular weight excluding hydrogens is 224 g/mol. The number of sulfone groups is 1. The maximum Gasteiger partial charge on any atom is 0.175 e. The van der Waals surface area contributed by atoms with Crippen LogP contribution < -0.4 is 0 Å². The Balaban J connectivity index is 2.90. The Kier molecular flexibility index (Phi) is 4.50. The van der Waals surface area contributed by atoms with Gasteiger partial charge in [0, 0.05) is 6.26 Å². The molecule has 1 aromatic rings. The van der Waals surface area contributed by atoms with E-state index in [0.29, 0.717) is 12.0 Å². The van der Waals surface area contributed by atoms with Crippen LogP contribution in [0.5, 0.6) is 0 Å². The zero-order valence-corrected chi connectivity index (χ0v) is 10.5. The Bertz CT molecular complexity index is 437. The molecule has 1 aromatic carbocycles.